The summed E-state index contributed by atoms with van der Waals surface area (Å²) >= 11 is 0. The molecule has 9 atom stereocenters. The average Bonchev–Trinajstić information content (AvgIpc) is 3.74. The number of phosphoric acid groups is 1. The molecule has 0 saturated carbocycles. The van der Waals surface area contributed by atoms with E-state index in [0.717, 1.165) is 17.2 Å². The van der Waals surface area contributed by atoms with Gasteiger partial charge in [0.1, 0.15) is 36.3 Å². The number of fused-ring (bicyclic) bond motifs is 2. The van der Waals surface area contributed by atoms with Gasteiger partial charge in [0.25, 0.3) is 5.56 Å². The monoisotopic (exact) mass is 680 g/mol. The second-order valence-corrected chi connectivity index (χ2v) is 11.0. The summed E-state index contributed by atoms with van der Waals surface area (Å²) in [6.07, 6.45) is -10.6. The second kappa shape index (κ2) is 13.0. The number of nitrogen functional groups attached to an aromatic ring is 2. The van der Waals surface area contributed by atoms with Crippen LogP contribution in [-0.2, 0) is 27.7 Å². The van der Waals surface area contributed by atoms with Crippen LogP contribution in [0.3, 0.4) is 0 Å². The quantitative estimate of drug-likeness (QED) is 0.106. The van der Waals surface area contributed by atoms with Crippen LogP contribution in [0.4, 0.5) is 20.5 Å². The molecule has 2 fully saturated rings. The third-order valence-electron chi connectivity index (χ3n) is 6.78. The number of H-pyrrole nitrogens is 1. The van der Waals surface area contributed by atoms with Crippen molar-refractivity contribution >= 4 is 50.6 Å². The van der Waals surface area contributed by atoms with Crippen LogP contribution in [0.25, 0.3) is 22.3 Å². The lowest BCUT2D eigenvalue weighted by Crippen LogP contribution is -2.33. The first-order chi connectivity index (χ1) is 21.4. The molecule has 25 heteroatoms. The number of phosphoric ester groups is 1. The van der Waals surface area contributed by atoms with E-state index >= 15 is 8.78 Å². The Morgan fingerprint density at radius 3 is 2.38 bits per heavy atom. The van der Waals surface area contributed by atoms with Crippen molar-refractivity contribution in [2.75, 3.05) is 24.7 Å². The summed E-state index contributed by atoms with van der Waals surface area (Å²) in [7, 11) is -6.01. The lowest BCUT2D eigenvalue weighted by molar-refractivity contribution is -0.0600. The van der Waals surface area contributed by atoms with Gasteiger partial charge >= 0.3 is 16.5 Å². The molecule has 45 heavy (non-hydrogen) atoms. The normalized spacial score (nSPS) is 29.6. The number of aliphatic hydroxyl groups excluding tert-OH is 2. The van der Waals surface area contributed by atoms with E-state index < -0.39 is 84.5 Å². The summed E-state index contributed by atoms with van der Waals surface area (Å²) in [4.78, 5) is 51.4. The number of nitrogens with zero attached hydrogens (tertiary/aromatic N) is 7. The van der Waals surface area contributed by atoms with Gasteiger partial charge in [-0.1, -0.05) is 0 Å². The van der Waals surface area contributed by atoms with Crippen LogP contribution in [0, 0.1) is 0 Å². The number of aromatic amines is 1. The van der Waals surface area contributed by atoms with Gasteiger partial charge in [-0.3, -0.25) is 28.0 Å². The summed E-state index contributed by atoms with van der Waals surface area (Å²) in [5, 5.41) is 20.0. The van der Waals surface area contributed by atoms with E-state index in [2.05, 4.69) is 29.9 Å². The van der Waals surface area contributed by atoms with Crippen molar-refractivity contribution in [2.45, 2.75) is 49.2 Å². The molecule has 6 heterocycles. The van der Waals surface area contributed by atoms with Gasteiger partial charge in [0.2, 0.25) is 5.95 Å². The number of rotatable bonds is 8. The molecule has 0 aromatic carbocycles. The zero-order chi connectivity index (χ0) is 32.6. The Kier molecular flexibility index (Phi) is 9.46. The number of aliphatic hydroxyl groups is 2. The van der Waals surface area contributed by atoms with Crippen molar-refractivity contribution in [1.29, 1.82) is 0 Å². The third-order valence-corrected chi connectivity index (χ3v) is 7.77. The summed E-state index contributed by atoms with van der Waals surface area (Å²) in [6.45, 7) is -1.70. The molecule has 3 unspecified atom stereocenters. The Morgan fingerprint density at radius 1 is 1.04 bits per heavy atom. The minimum absolute atomic E-state index is 0.0319. The molecular formula is C20H24F2N10O11P2. The number of nitrogens with two attached hydrogens (primary N) is 2. The molecule has 0 amide bonds. The van der Waals surface area contributed by atoms with Gasteiger partial charge in [-0.15, -0.1) is 0 Å². The number of hydrogen-bond donors (Lipinski definition) is 7. The third kappa shape index (κ3) is 6.27. The average molecular weight is 680 g/mol. The van der Waals surface area contributed by atoms with Crippen LogP contribution in [0.2, 0.25) is 0 Å². The fourth-order valence-electron chi connectivity index (χ4n) is 4.78. The van der Waals surface area contributed by atoms with Crippen LogP contribution in [0.1, 0.15) is 12.5 Å². The summed E-state index contributed by atoms with van der Waals surface area (Å²) in [5.41, 5.74) is 10.6. The largest absolute Gasteiger partial charge is 0.472 e. The summed E-state index contributed by atoms with van der Waals surface area (Å²) in [5.74, 6) is -0.264. The maximum absolute atomic E-state index is 15.2. The van der Waals surface area contributed by atoms with E-state index in [9.17, 15) is 24.5 Å². The fraction of sp³-hybridized carbons (Fsp3) is 0.500. The van der Waals surface area contributed by atoms with E-state index in [1.54, 1.807) is 0 Å². The van der Waals surface area contributed by atoms with Crippen molar-refractivity contribution < 1.29 is 56.4 Å². The van der Waals surface area contributed by atoms with Gasteiger partial charge in [-0.05, 0) is 0 Å². The maximum atomic E-state index is 15.2. The molecule has 0 aliphatic carbocycles. The number of imidazole rings is 2. The van der Waals surface area contributed by atoms with Crippen LogP contribution in [0.5, 0.6) is 0 Å². The predicted octanol–water partition coefficient (Wildman–Crippen LogP) is -1.36. The molecule has 6 rings (SSSR count). The Morgan fingerprint density at radius 2 is 1.69 bits per heavy atom. The molecule has 2 saturated heterocycles. The van der Waals surface area contributed by atoms with Crippen molar-refractivity contribution in [2.24, 2.45) is 0 Å². The number of halogens is 2. The Hall–Kier alpha value is -3.63. The molecular weight excluding hydrogens is 656 g/mol. The molecule has 244 valence electrons. The zero-order valence-corrected chi connectivity index (χ0v) is 24.1. The van der Waals surface area contributed by atoms with Crippen molar-refractivity contribution in [3.8, 4) is 0 Å². The van der Waals surface area contributed by atoms with Gasteiger partial charge in [0, 0.05) is 0 Å². The molecule has 4 aromatic heterocycles. The van der Waals surface area contributed by atoms with Gasteiger partial charge in [0.05, 0.1) is 25.9 Å². The second-order valence-electron chi connectivity index (χ2n) is 9.47. The highest BCUT2D eigenvalue weighted by atomic mass is 31.2. The topological polar surface area (TPSA) is 311 Å². The van der Waals surface area contributed by atoms with Gasteiger partial charge in [-0.2, -0.15) is 4.98 Å². The molecule has 21 nitrogen and oxygen atoms in total. The van der Waals surface area contributed by atoms with E-state index in [1.165, 1.54) is 10.9 Å². The van der Waals surface area contributed by atoms with Crippen molar-refractivity contribution in [3.05, 3.63) is 29.3 Å². The molecule has 0 radical (unpaired) electrons. The van der Waals surface area contributed by atoms with Gasteiger partial charge < -0.3 is 40.9 Å². The number of hydrogen-bond acceptors (Lipinski definition) is 16. The predicted molar refractivity (Wildman–Crippen MR) is 143 cm³/mol. The molecule has 0 bridgehead atoms. The summed E-state index contributed by atoms with van der Waals surface area (Å²) in [6, 6.07) is 0. The van der Waals surface area contributed by atoms with Gasteiger partial charge in [-0.25, -0.2) is 37.8 Å². The Bertz CT molecular complexity index is 1800. The Labute approximate surface area is 249 Å². The first-order valence-electron chi connectivity index (χ1n) is 12.6. The van der Waals surface area contributed by atoms with Crippen molar-refractivity contribution in [1.82, 2.24) is 39.0 Å². The molecule has 2 aliphatic heterocycles. The first-order valence-corrected chi connectivity index (χ1v) is 14.8. The SMILES string of the molecule is Nc1nc2c(ncn2[C@@H]2O[C@H](CO)C(F)[C@@H]2OP(=O)(O)OC[C@H]2O[C@@H](n3cnc4c(N)ncnc43)[C@@H](F)C2O)c(=O)[nH]1.O=PO. The Balaban J connectivity index is 0.00000128. The number of anilines is 2. The minimum atomic E-state index is -5.18. The number of nitrogens with one attached hydrogen (secondary N) is 1. The molecule has 0 spiro atoms. The zero-order valence-electron chi connectivity index (χ0n) is 22.3. The fourth-order valence-corrected chi connectivity index (χ4v) is 5.71. The lowest BCUT2D eigenvalue weighted by atomic mass is 10.1. The highest BCUT2D eigenvalue weighted by Crippen LogP contribution is 2.50. The number of ether oxygens (including phenoxy) is 2. The number of alkyl halides is 2. The van der Waals surface area contributed by atoms with Gasteiger partial charge in [0.15, 0.2) is 47.4 Å². The van der Waals surface area contributed by atoms with E-state index in [4.69, 9.17) is 39.4 Å². The van der Waals surface area contributed by atoms with E-state index in [-0.39, 0.29) is 34.1 Å². The van der Waals surface area contributed by atoms with E-state index in [0.29, 0.717) is 0 Å². The molecule has 4 aromatic rings. The van der Waals surface area contributed by atoms with Crippen molar-refractivity contribution in [3.63, 3.8) is 0 Å². The van der Waals surface area contributed by atoms with Crippen LogP contribution >= 0.6 is 16.5 Å². The standard InChI is InChI=1S/C20H23F2N10O9P.HO2P/c21-8-6(1-33)39-19(32-5-28-11-16(32)29-20(24)30-17(11)35)13(8)41-42(36,37)38-2-7-12(34)9(22)18(40-7)31-4-27-10-14(23)25-3-26-15(10)31;1-3-2/h3-9,12-13,18-19,33-34H,1-2H2,(H,36,37)(H2,23,25,26)(H3,24,29,30,35);(H,1,2)/t6-,7-,8?,9+,12?,13+,18-,19-;/m1./s1. The highest BCUT2D eigenvalue weighted by Gasteiger charge is 2.51. The number of aromatic nitrogens is 8. The summed E-state index contributed by atoms with van der Waals surface area (Å²) < 4.78 is 74.9. The van der Waals surface area contributed by atoms with Crippen LogP contribution in [-0.4, -0.2) is 109 Å². The lowest BCUT2D eigenvalue weighted by Gasteiger charge is -2.24. The maximum Gasteiger partial charge on any atom is 0.472 e. The molecule has 9 N–H and O–H groups in total. The van der Waals surface area contributed by atoms with E-state index in [1.807, 2.05) is 0 Å². The molecule has 2 aliphatic rings. The van der Waals surface area contributed by atoms with Crippen LogP contribution in [0.15, 0.2) is 23.8 Å². The highest BCUT2D eigenvalue weighted by molar-refractivity contribution is 7.47. The van der Waals surface area contributed by atoms with Crippen LogP contribution < -0.4 is 17.0 Å². The minimum Gasteiger partial charge on any atom is -0.394 e. The first kappa shape index (κ1) is 32.8. The smallest absolute Gasteiger partial charge is 0.394 e.